The number of benzene rings is 1. The van der Waals surface area contributed by atoms with Crippen LogP contribution in [-0.4, -0.2) is 27.3 Å². The maximum absolute atomic E-state index is 6.11. The molecule has 106 valence electrons. The number of nitrogens with zero attached hydrogens (tertiary/aromatic N) is 3. The van der Waals surface area contributed by atoms with E-state index in [4.69, 9.17) is 5.73 Å². The van der Waals surface area contributed by atoms with Crippen LogP contribution in [-0.2, 0) is 6.54 Å². The first kappa shape index (κ1) is 13.2. The van der Waals surface area contributed by atoms with Gasteiger partial charge >= 0.3 is 0 Å². The highest BCUT2D eigenvalue weighted by atomic mass is 15.4. The van der Waals surface area contributed by atoms with E-state index in [0.29, 0.717) is 12.1 Å². The molecule has 2 aromatic rings. The first-order chi connectivity index (χ1) is 9.65. The minimum Gasteiger partial charge on any atom is -0.384 e. The molecule has 2 N–H and O–H groups in total. The van der Waals surface area contributed by atoms with Crippen molar-refractivity contribution in [3.63, 3.8) is 0 Å². The highest BCUT2D eigenvalue weighted by molar-refractivity contribution is 5.37. The number of nitrogens with two attached hydrogens (primary N) is 1. The first-order valence-electron chi connectivity index (χ1n) is 7.22. The Morgan fingerprint density at radius 2 is 2.05 bits per heavy atom. The number of rotatable bonds is 3. The summed E-state index contributed by atoms with van der Waals surface area (Å²) < 4.78 is 2.00. The van der Waals surface area contributed by atoms with E-state index in [0.717, 1.165) is 30.9 Å². The molecule has 2 atom stereocenters. The summed E-state index contributed by atoms with van der Waals surface area (Å²) in [6.07, 6.45) is 2.97. The average molecular weight is 270 g/mol. The van der Waals surface area contributed by atoms with Crippen molar-refractivity contribution in [2.24, 2.45) is 0 Å². The summed E-state index contributed by atoms with van der Waals surface area (Å²) >= 11 is 0. The number of nitrogen functional groups attached to an aromatic ring is 1. The van der Waals surface area contributed by atoms with Crippen molar-refractivity contribution < 1.29 is 0 Å². The van der Waals surface area contributed by atoms with Crippen LogP contribution in [0, 0.1) is 6.92 Å². The summed E-state index contributed by atoms with van der Waals surface area (Å²) in [5.41, 5.74) is 8.54. The Kier molecular flexibility index (Phi) is 3.49. The molecule has 2 unspecified atom stereocenters. The molecule has 1 aromatic heterocycles. The van der Waals surface area contributed by atoms with Crippen molar-refractivity contribution in [3.05, 3.63) is 47.7 Å². The smallest absolute Gasteiger partial charge is 0.124 e. The van der Waals surface area contributed by atoms with Gasteiger partial charge in [0.15, 0.2) is 0 Å². The Hall–Kier alpha value is -1.81. The van der Waals surface area contributed by atoms with Crippen LogP contribution in [0.2, 0.25) is 0 Å². The predicted molar refractivity (Wildman–Crippen MR) is 81.3 cm³/mol. The van der Waals surface area contributed by atoms with E-state index >= 15 is 0 Å². The van der Waals surface area contributed by atoms with E-state index in [1.165, 1.54) is 5.56 Å². The molecule has 0 spiro atoms. The summed E-state index contributed by atoms with van der Waals surface area (Å²) in [7, 11) is 0. The van der Waals surface area contributed by atoms with Crippen molar-refractivity contribution in [2.75, 3.05) is 12.3 Å². The van der Waals surface area contributed by atoms with Crippen LogP contribution in [0.25, 0.3) is 0 Å². The van der Waals surface area contributed by atoms with E-state index in [1.54, 1.807) is 0 Å². The second kappa shape index (κ2) is 5.29. The van der Waals surface area contributed by atoms with Crippen LogP contribution in [0.4, 0.5) is 5.82 Å². The van der Waals surface area contributed by atoms with Crippen LogP contribution in [0.1, 0.15) is 30.5 Å². The zero-order chi connectivity index (χ0) is 14.1. The van der Waals surface area contributed by atoms with Gasteiger partial charge in [-0.3, -0.25) is 4.90 Å². The Labute approximate surface area is 120 Å². The average Bonchev–Trinajstić information content (AvgIpc) is 2.96. The number of likely N-dealkylation sites (tertiary alicyclic amines) is 1. The van der Waals surface area contributed by atoms with Gasteiger partial charge in [-0.25, -0.2) is 4.68 Å². The minimum atomic E-state index is 0.391. The molecule has 1 aliphatic heterocycles. The molecule has 0 amide bonds. The normalized spacial score (nSPS) is 23.3. The first-order valence-corrected chi connectivity index (χ1v) is 7.22. The molecule has 1 fully saturated rings. The van der Waals surface area contributed by atoms with Gasteiger partial charge in [0, 0.05) is 24.7 Å². The maximum Gasteiger partial charge on any atom is 0.124 e. The zero-order valence-electron chi connectivity index (χ0n) is 12.2. The standard InChI is InChI=1S/C16H22N4/c1-12-9-18-20(16(12)17)15-8-13(2)19(11-15)10-14-6-4-3-5-7-14/h3-7,9,13,15H,8,10-11,17H2,1-2H3. The quantitative estimate of drug-likeness (QED) is 0.932. The van der Waals surface area contributed by atoms with Crippen LogP contribution < -0.4 is 5.73 Å². The second-order valence-corrected chi connectivity index (χ2v) is 5.81. The van der Waals surface area contributed by atoms with Crippen LogP contribution >= 0.6 is 0 Å². The number of aryl methyl sites for hydroxylation is 1. The Balaban J connectivity index is 1.72. The summed E-state index contributed by atoms with van der Waals surface area (Å²) in [5.74, 6) is 0.809. The molecular formula is C16H22N4. The molecule has 0 bridgehead atoms. The third-order valence-corrected chi connectivity index (χ3v) is 4.28. The molecule has 1 aromatic carbocycles. The topological polar surface area (TPSA) is 47.1 Å². The van der Waals surface area contributed by atoms with Gasteiger partial charge in [0.2, 0.25) is 0 Å². The van der Waals surface area contributed by atoms with E-state index < -0.39 is 0 Å². The van der Waals surface area contributed by atoms with E-state index in [2.05, 4.69) is 47.3 Å². The number of anilines is 1. The second-order valence-electron chi connectivity index (χ2n) is 5.81. The van der Waals surface area contributed by atoms with Crippen LogP contribution in [0.5, 0.6) is 0 Å². The van der Waals surface area contributed by atoms with Gasteiger partial charge in [-0.1, -0.05) is 30.3 Å². The lowest BCUT2D eigenvalue weighted by atomic mass is 10.2. The molecule has 3 rings (SSSR count). The Morgan fingerprint density at radius 3 is 2.70 bits per heavy atom. The van der Waals surface area contributed by atoms with E-state index in [-0.39, 0.29) is 0 Å². The molecule has 1 saturated heterocycles. The van der Waals surface area contributed by atoms with Crippen molar-refractivity contribution in [3.8, 4) is 0 Å². The van der Waals surface area contributed by atoms with E-state index in [9.17, 15) is 0 Å². The van der Waals surface area contributed by atoms with Gasteiger partial charge in [0.25, 0.3) is 0 Å². The number of hydrogen-bond acceptors (Lipinski definition) is 3. The number of aromatic nitrogens is 2. The van der Waals surface area contributed by atoms with Gasteiger partial charge in [0.05, 0.1) is 12.2 Å². The molecule has 20 heavy (non-hydrogen) atoms. The fourth-order valence-corrected chi connectivity index (χ4v) is 3.03. The van der Waals surface area contributed by atoms with Gasteiger partial charge in [-0.15, -0.1) is 0 Å². The summed E-state index contributed by atoms with van der Waals surface area (Å²) in [6.45, 7) is 6.31. The number of hydrogen-bond donors (Lipinski definition) is 1. The van der Waals surface area contributed by atoms with Crippen LogP contribution in [0.3, 0.4) is 0 Å². The fraction of sp³-hybridized carbons (Fsp3) is 0.438. The molecule has 0 radical (unpaired) electrons. The maximum atomic E-state index is 6.11. The van der Waals surface area contributed by atoms with Crippen LogP contribution in [0.15, 0.2) is 36.5 Å². The molecule has 2 heterocycles. The highest BCUT2D eigenvalue weighted by Crippen LogP contribution is 2.30. The molecule has 1 aliphatic rings. The highest BCUT2D eigenvalue weighted by Gasteiger charge is 2.31. The lowest BCUT2D eigenvalue weighted by molar-refractivity contribution is 0.254. The Morgan fingerprint density at radius 1 is 1.30 bits per heavy atom. The van der Waals surface area contributed by atoms with E-state index in [1.807, 2.05) is 17.8 Å². The molecule has 4 nitrogen and oxygen atoms in total. The monoisotopic (exact) mass is 270 g/mol. The van der Waals surface area contributed by atoms with Crippen molar-refractivity contribution in [1.82, 2.24) is 14.7 Å². The zero-order valence-corrected chi connectivity index (χ0v) is 12.2. The van der Waals surface area contributed by atoms with Gasteiger partial charge < -0.3 is 5.73 Å². The predicted octanol–water partition coefficient (Wildman–Crippen LogP) is 2.61. The lowest BCUT2D eigenvalue weighted by Crippen LogP contribution is -2.27. The third-order valence-electron chi connectivity index (χ3n) is 4.28. The molecular weight excluding hydrogens is 248 g/mol. The van der Waals surface area contributed by atoms with Gasteiger partial charge in [-0.2, -0.15) is 5.10 Å². The van der Waals surface area contributed by atoms with Crippen molar-refractivity contribution in [1.29, 1.82) is 0 Å². The Bertz CT molecular complexity index is 575. The van der Waals surface area contributed by atoms with Crippen molar-refractivity contribution >= 4 is 5.82 Å². The molecule has 4 heteroatoms. The summed E-state index contributed by atoms with van der Waals surface area (Å²) in [6, 6.07) is 11.6. The van der Waals surface area contributed by atoms with Gasteiger partial charge in [0.1, 0.15) is 5.82 Å². The van der Waals surface area contributed by atoms with Crippen molar-refractivity contribution in [2.45, 2.75) is 38.9 Å². The fourth-order valence-electron chi connectivity index (χ4n) is 3.03. The largest absolute Gasteiger partial charge is 0.384 e. The minimum absolute atomic E-state index is 0.391. The van der Waals surface area contributed by atoms with Gasteiger partial charge in [-0.05, 0) is 25.8 Å². The lowest BCUT2D eigenvalue weighted by Gasteiger charge is -2.20. The third kappa shape index (κ3) is 2.43. The summed E-state index contributed by atoms with van der Waals surface area (Å²) in [4.78, 5) is 2.51. The SMILES string of the molecule is Cc1cnn(C2CC(C)N(Cc3ccccc3)C2)c1N. The summed E-state index contributed by atoms with van der Waals surface area (Å²) in [5, 5.41) is 4.44. The molecule has 0 saturated carbocycles. The molecule has 0 aliphatic carbocycles.